The molecule has 1 unspecified atom stereocenters. The number of ether oxygens (including phenoxy) is 1. The first-order valence-corrected chi connectivity index (χ1v) is 10.9. The van der Waals surface area contributed by atoms with Gasteiger partial charge in [-0.05, 0) is 92.8 Å². The van der Waals surface area contributed by atoms with Gasteiger partial charge in [0.05, 0.1) is 0 Å². The van der Waals surface area contributed by atoms with Crippen LogP contribution in [0.5, 0.6) is 0 Å². The molecule has 3 nitrogen and oxygen atoms in total. The van der Waals surface area contributed by atoms with Gasteiger partial charge in [0.1, 0.15) is 6.61 Å². The highest BCUT2D eigenvalue weighted by atomic mass is 19.4. The minimum absolute atomic E-state index is 0.0155. The number of aliphatic hydroxyl groups is 1. The summed E-state index contributed by atoms with van der Waals surface area (Å²) in [5, 5.41) is 10.2. The van der Waals surface area contributed by atoms with Crippen LogP contribution in [0.3, 0.4) is 0 Å². The van der Waals surface area contributed by atoms with Gasteiger partial charge >= 0.3 is 6.18 Å². The van der Waals surface area contributed by atoms with Crippen LogP contribution in [-0.2, 0) is 9.53 Å². The van der Waals surface area contributed by atoms with Crippen LogP contribution in [0.2, 0.25) is 0 Å². The van der Waals surface area contributed by atoms with Gasteiger partial charge in [0, 0.05) is 13.0 Å². The van der Waals surface area contributed by atoms with Crippen LogP contribution in [0.15, 0.2) is 0 Å². The van der Waals surface area contributed by atoms with Crippen molar-refractivity contribution in [3.63, 3.8) is 0 Å². The minimum Gasteiger partial charge on any atom is -0.380 e. The molecule has 8 atom stereocenters. The molecule has 0 aromatic heterocycles. The first-order chi connectivity index (χ1) is 13.1. The largest absolute Gasteiger partial charge is 0.417 e. The van der Waals surface area contributed by atoms with Gasteiger partial charge in [0.2, 0.25) is 0 Å². The van der Waals surface area contributed by atoms with Crippen LogP contribution in [0, 0.1) is 40.9 Å². The van der Waals surface area contributed by atoms with Crippen molar-refractivity contribution in [1.82, 2.24) is 0 Å². The van der Waals surface area contributed by atoms with Crippen molar-refractivity contribution in [1.29, 1.82) is 0 Å². The first-order valence-electron chi connectivity index (χ1n) is 10.9. The Kier molecular flexibility index (Phi) is 5.14. The molecule has 4 fully saturated rings. The predicted octanol–water partition coefficient (Wildman–Crippen LogP) is 4.76. The van der Waals surface area contributed by atoms with Gasteiger partial charge in [0.25, 0.3) is 0 Å². The molecule has 1 N–H and O–H groups in total. The minimum atomic E-state index is -4.53. The molecule has 0 radical (unpaired) electrons. The molecule has 0 bridgehead atoms. The van der Waals surface area contributed by atoms with E-state index in [1.165, 1.54) is 0 Å². The lowest BCUT2D eigenvalue weighted by molar-refractivity contribution is -0.282. The van der Waals surface area contributed by atoms with Gasteiger partial charge in [-0.2, -0.15) is 13.2 Å². The SMILES string of the molecule is COCC(=O)[C@H]1CC[C@H]2[C@@H]3CC[C@@H]4C[C@@](O)(C(F)(F)F)CC[C@@H]4C3CC[C@]12C. The monoisotopic (exact) mass is 402 g/mol. The summed E-state index contributed by atoms with van der Waals surface area (Å²) in [4.78, 5) is 12.6. The molecule has 6 heteroatoms. The molecular weight excluding hydrogens is 369 g/mol. The van der Waals surface area contributed by atoms with E-state index in [1.807, 2.05) is 0 Å². The van der Waals surface area contributed by atoms with E-state index in [0.29, 0.717) is 30.1 Å². The van der Waals surface area contributed by atoms with E-state index in [1.54, 1.807) is 7.11 Å². The Morgan fingerprint density at radius 2 is 1.75 bits per heavy atom. The van der Waals surface area contributed by atoms with Crippen molar-refractivity contribution >= 4 is 5.78 Å². The van der Waals surface area contributed by atoms with Crippen LogP contribution >= 0.6 is 0 Å². The van der Waals surface area contributed by atoms with E-state index in [4.69, 9.17) is 4.74 Å². The molecule has 0 amide bonds. The fourth-order valence-corrected chi connectivity index (χ4v) is 7.91. The van der Waals surface area contributed by atoms with Gasteiger partial charge < -0.3 is 9.84 Å². The second kappa shape index (κ2) is 6.97. The number of hydrogen-bond donors (Lipinski definition) is 1. The lowest BCUT2D eigenvalue weighted by atomic mass is 9.49. The van der Waals surface area contributed by atoms with E-state index >= 15 is 0 Å². The van der Waals surface area contributed by atoms with Crippen molar-refractivity contribution in [2.45, 2.75) is 76.5 Å². The number of rotatable bonds is 3. The van der Waals surface area contributed by atoms with Crippen LogP contribution in [0.4, 0.5) is 13.2 Å². The number of fused-ring (bicyclic) bond motifs is 5. The fourth-order valence-electron chi connectivity index (χ4n) is 7.91. The van der Waals surface area contributed by atoms with E-state index in [9.17, 15) is 23.1 Å². The Balaban J connectivity index is 1.50. The van der Waals surface area contributed by atoms with Gasteiger partial charge in [-0.15, -0.1) is 0 Å². The zero-order chi connectivity index (χ0) is 20.3. The lowest BCUT2D eigenvalue weighted by Gasteiger charge is -2.57. The standard InChI is InChI=1S/C22H33F3O3/c1-20-9-7-15-14-8-10-21(27,22(23,24)25)11-13(14)3-4-16(15)17(20)5-6-18(20)19(26)12-28-2/h13-18,27H,3-12H2,1-2H3/t13-,14+,15?,16-,17+,18-,20+,21-/m1/s1. The first kappa shape index (κ1) is 20.6. The number of carbonyl (C=O) groups is 1. The van der Waals surface area contributed by atoms with Crippen LogP contribution in [0.1, 0.15) is 64.7 Å². The average molecular weight is 402 g/mol. The number of halogens is 3. The molecule has 0 heterocycles. The van der Waals surface area contributed by atoms with E-state index < -0.39 is 11.8 Å². The van der Waals surface area contributed by atoms with Gasteiger partial charge in [-0.1, -0.05) is 6.92 Å². The van der Waals surface area contributed by atoms with Crippen molar-refractivity contribution < 1.29 is 27.8 Å². The van der Waals surface area contributed by atoms with Crippen molar-refractivity contribution in [3.05, 3.63) is 0 Å². The van der Waals surface area contributed by atoms with Crippen molar-refractivity contribution in [2.75, 3.05) is 13.7 Å². The third-order valence-corrected chi connectivity index (χ3v) is 9.21. The maximum Gasteiger partial charge on any atom is 0.417 e. The maximum absolute atomic E-state index is 13.3. The summed E-state index contributed by atoms with van der Waals surface area (Å²) in [5.41, 5.74) is -2.47. The summed E-state index contributed by atoms with van der Waals surface area (Å²) in [6, 6.07) is 0. The third kappa shape index (κ3) is 3.05. The molecule has 4 aliphatic carbocycles. The van der Waals surface area contributed by atoms with Crippen LogP contribution in [-0.4, -0.2) is 36.4 Å². The number of carbonyl (C=O) groups excluding carboxylic acids is 1. The summed E-state index contributed by atoms with van der Waals surface area (Å²) in [6.07, 6.45) is 1.40. The fraction of sp³-hybridized carbons (Fsp3) is 0.955. The molecule has 0 aromatic rings. The average Bonchev–Trinajstić information content (AvgIpc) is 2.98. The number of ketones is 1. The number of hydrogen-bond acceptors (Lipinski definition) is 3. The Bertz CT molecular complexity index is 621. The van der Waals surface area contributed by atoms with E-state index in [-0.39, 0.29) is 42.5 Å². The summed E-state index contributed by atoms with van der Waals surface area (Å²) in [5.74, 6) is 2.06. The highest BCUT2D eigenvalue weighted by Crippen LogP contribution is 2.65. The Morgan fingerprint density at radius 3 is 2.43 bits per heavy atom. The summed E-state index contributed by atoms with van der Waals surface area (Å²) in [6.45, 7) is 2.45. The number of methoxy groups -OCH3 is 1. The normalized spacial score (nSPS) is 48.5. The predicted molar refractivity (Wildman–Crippen MR) is 98.5 cm³/mol. The molecule has 0 saturated heterocycles. The Labute approximate surface area is 165 Å². The van der Waals surface area contributed by atoms with E-state index in [0.717, 1.165) is 38.5 Å². The van der Waals surface area contributed by atoms with Gasteiger partial charge in [0.15, 0.2) is 11.4 Å². The zero-order valence-electron chi connectivity index (χ0n) is 16.9. The maximum atomic E-state index is 13.3. The molecule has 0 aromatic carbocycles. The van der Waals surface area contributed by atoms with Gasteiger partial charge in [-0.25, -0.2) is 0 Å². The summed E-state index contributed by atoms with van der Waals surface area (Å²) < 4.78 is 45.1. The van der Waals surface area contributed by atoms with Crippen molar-refractivity contribution in [2.24, 2.45) is 40.9 Å². The highest BCUT2D eigenvalue weighted by Gasteiger charge is 2.62. The van der Waals surface area contributed by atoms with Crippen LogP contribution in [0.25, 0.3) is 0 Å². The molecule has 28 heavy (non-hydrogen) atoms. The summed E-state index contributed by atoms with van der Waals surface area (Å²) in [7, 11) is 1.57. The van der Waals surface area contributed by atoms with Gasteiger partial charge in [-0.3, -0.25) is 4.79 Å². The molecule has 0 spiro atoms. The topological polar surface area (TPSA) is 46.5 Å². The molecule has 4 aliphatic rings. The number of alkyl halides is 3. The Morgan fingerprint density at radius 1 is 1.04 bits per heavy atom. The number of Topliss-reactive ketones (excluding diaryl/α,β-unsaturated/α-hetero) is 1. The molecule has 4 saturated carbocycles. The van der Waals surface area contributed by atoms with Crippen molar-refractivity contribution in [3.8, 4) is 0 Å². The second-order valence-corrected chi connectivity index (χ2v) is 10.3. The summed E-state index contributed by atoms with van der Waals surface area (Å²) >= 11 is 0. The molecule has 4 rings (SSSR count). The molecule has 0 aliphatic heterocycles. The van der Waals surface area contributed by atoms with Crippen LogP contribution < -0.4 is 0 Å². The highest BCUT2D eigenvalue weighted by molar-refractivity contribution is 5.83. The third-order valence-electron chi connectivity index (χ3n) is 9.21. The zero-order valence-corrected chi connectivity index (χ0v) is 16.9. The quantitative estimate of drug-likeness (QED) is 0.740. The smallest absolute Gasteiger partial charge is 0.380 e. The Hall–Kier alpha value is -0.620. The lowest BCUT2D eigenvalue weighted by Crippen LogP contribution is -2.55. The molecular formula is C22H33F3O3. The second-order valence-electron chi connectivity index (χ2n) is 10.3. The molecule has 160 valence electrons. The van der Waals surface area contributed by atoms with E-state index in [2.05, 4.69) is 6.92 Å².